The molecule has 1 aliphatic carbocycles. The second-order valence-corrected chi connectivity index (χ2v) is 6.11. The molecule has 4 heteroatoms. The topological polar surface area (TPSA) is 21.3 Å². The number of rotatable bonds is 5. The maximum Gasteiger partial charge on any atom is 0.123 e. The smallest absolute Gasteiger partial charge is 0.123 e. The van der Waals surface area contributed by atoms with E-state index in [-0.39, 0.29) is 17.5 Å². The van der Waals surface area contributed by atoms with E-state index in [2.05, 4.69) is 21.2 Å². The van der Waals surface area contributed by atoms with Gasteiger partial charge in [-0.3, -0.25) is 0 Å². The van der Waals surface area contributed by atoms with Crippen molar-refractivity contribution in [2.24, 2.45) is 0 Å². The average molecular weight is 330 g/mol. The normalized spacial score (nSPS) is 19.6. The number of methoxy groups -OCH3 is 1. The van der Waals surface area contributed by atoms with Crippen LogP contribution in [-0.2, 0) is 11.2 Å². The molecule has 1 saturated carbocycles. The summed E-state index contributed by atoms with van der Waals surface area (Å²) in [4.78, 5) is 0. The van der Waals surface area contributed by atoms with Crippen LogP contribution in [0.1, 0.15) is 31.2 Å². The Morgan fingerprint density at radius 1 is 1.42 bits per heavy atom. The Hall–Kier alpha value is -0.450. The molecule has 106 valence electrons. The first-order valence-electron chi connectivity index (χ1n) is 6.77. The fraction of sp³-hybridized carbons (Fsp3) is 0.600. The molecule has 0 radical (unpaired) electrons. The summed E-state index contributed by atoms with van der Waals surface area (Å²) < 4.78 is 20.2. The molecule has 0 spiro atoms. The lowest BCUT2D eigenvalue weighted by molar-refractivity contribution is -0.0337. The lowest BCUT2D eigenvalue weighted by Gasteiger charge is -2.36. The van der Waals surface area contributed by atoms with Crippen molar-refractivity contribution in [2.75, 3.05) is 14.2 Å². The first-order chi connectivity index (χ1) is 9.11. The molecule has 0 aromatic heterocycles. The van der Waals surface area contributed by atoms with Crippen LogP contribution in [0.3, 0.4) is 0 Å². The molecule has 1 aromatic carbocycles. The molecular weight excluding hydrogens is 309 g/mol. The summed E-state index contributed by atoms with van der Waals surface area (Å²) in [5, 5.41) is 3.36. The third-order valence-electron chi connectivity index (χ3n) is 4.27. The Labute approximate surface area is 122 Å². The first kappa shape index (κ1) is 14.9. The molecule has 0 aliphatic heterocycles. The molecule has 19 heavy (non-hydrogen) atoms. The lowest BCUT2D eigenvalue weighted by Crippen LogP contribution is -2.50. The Morgan fingerprint density at radius 3 is 2.68 bits per heavy atom. The van der Waals surface area contributed by atoms with Crippen molar-refractivity contribution in [2.45, 2.75) is 43.7 Å². The van der Waals surface area contributed by atoms with Crippen LogP contribution in [0.4, 0.5) is 4.39 Å². The Morgan fingerprint density at radius 2 is 2.11 bits per heavy atom. The minimum Gasteiger partial charge on any atom is -0.377 e. The van der Waals surface area contributed by atoms with E-state index in [0.717, 1.165) is 29.3 Å². The Balaban J connectivity index is 2.21. The lowest BCUT2D eigenvalue weighted by atomic mass is 9.87. The van der Waals surface area contributed by atoms with Crippen LogP contribution in [-0.4, -0.2) is 25.8 Å². The van der Waals surface area contributed by atoms with Gasteiger partial charge in [0, 0.05) is 17.6 Å². The zero-order chi connectivity index (χ0) is 13.9. The van der Waals surface area contributed by atoms with Gasteiger partial charge in [0.25, 0.3) is 0 Å². The van der Waals surface area contributed by atoms with Gasteiger partial charge in [-0.25, -0.2) is 4.39 Å². The van der Waals surface area contributed by atoms with E-state index in [1.54, 1.807) is 19.2 Å². The van der Waals surface area contributed by atoms with Gasteiger partial charge in [-0.1, -0.05) is 28.8 Å². The Bertz CT molecular complexity index is 432. The number of ether oxygens (including phenoxy) is 1. The minimum absolute atomic E-state index is 0.111. The summed E-state index contributed by atoms with van der Waals surface area (Å²) in [7, 11) is 3.74. The molecule has 1 aliphatic rings. The van der Waals surface area contributed by atoms with Gasteiger partial charge in [-0.2, -0.15) is 0 Å². The third-order valence-corrected chi connectivity index (χ3v) is 5.05. The van der Waals surface area contributed by atoms with Crippen molar-refractivity contribution in [3.8, 4) is 0 Å². The quantitative estimate of drug-likeness (QED) is 0.889. The summed E-state index contributed by atoms with van der Waals surface area (Å²) in [5.41, 5.74) is 0.878. The van der Waals surface area contributed by atoms with Gasteiger partial charge in [0.1, 0.15) is 5.82 Å². The molecular formula is C15H21BrFNO. The van der Waals surface area contributed by atoms with Gasteiger partial charge >= 0.3 is 0 Å². The zero-order valence-corrected chi connectivity index (χ0v) is 13.1. The van der Waals surface area contributed by atoms with Gasteiger partial charge in [0.15, 0.2) is 0 Å². The standard InChI is InChI=1S/C15H21BrFNO/c1-18-14(15(19-2)7-3-4-8-15)10-11-9-12(17)5-6-13(11)16/h5-6,9,14,18H,3-4,7-8,10H2,1-2H3. The maximum absolute atomic E-state index is 13.4. The van der Waals surface area contributed by atoms with Crippen LogP contribution < -0.4 is 5.32 Å². The van der Waals surface area contributed by atoms with Gasteiger partial charge in [-0.05, 0) is 50.1 Å². The van der Waals surface area contributed by atoms with Crippen LogP contribution in [0.25, 0.3) is 0 Å². The number of likely N-dealkylation sites (N-methyl/N-ethyl adjacent to an activating group) is 1. The van der Waals surface area contributed by atoms with E-state index in [0.29, 0.717) is 0 Å². The summed E-state index contributed by atoms with van der Waals surface area (Å²) in [6.07, 6.45) is 5.32. The highest BCUT2D eigenvalue weighted by atomic mass is 79.9. The summed E-state index contributed by atoms with van der Waals surface area (Å²) in [5.74, 6) is -0.189. The predicted molar refractivity (Wildman–Crippen MR) is 78.9 cm³/mol. The van der Waals surface area contributed by atoms with E-state index < -0.39 is 0 Å². The molecule has 1 atom stereocenters. The Kier molecular flexibility index (Phi) is 4.98. The first-order valence-corrected chi connectivity index (χ1v) is 7.57. The molecule has 2 rings (SSSR count). The number of nitrogens with one attached hydrogen (secondary N) is 1. The second kappa shape index (κ2) is 6.33. The van der Waals surface area contributed by atoms with Gasteiger partial charge in [0.2, 0.25) is 0 Å². The molecule has 0 heterocycles. The highest BCUT2D eigenvalue weighted by Gasteiger charge is 2.40. The minimum atomic E-state index is -0.189. The van der Waals surface area contributed by atoms with E-state index in [9.17, 15) is 4.39 Å². The molecule has 1 fully saturated rings. The van der Waals surface area contributed by atoms with Crippen LogP contribution in [0.2, 0.25) is 0 Å². The predicted octanol–water partition coefficient (Wildman–Crippen LogP) is 3.68. The average Bonchev–Trinajstić information content (AvgIpc) is 2.89. The summed E-state index contributed by atoms with van der Waals surface area (Å²) in [6.45, 7) is 0. The van der Waals surface area contributed by atoms with E-state index >= 15 is 0 Å². The van der Waals surface area contributed by atoms with Crippen LogP contribution in [0.5, 0.6) is 0 Å². The van der Waals surface area contributed by atoms with Crippen molar-refractivity contribution < 1.29 is 9.13 Å². The van der Waals surface area contributed by atoms with Crippen LogP contribution in [0, 0.1) is 5.82 Å². The molecule has 1 N–H and O–H groups in total. The number of hydrogen-bond donors (Lipinski definition) is 1. The number of halogens is 2. The second-order valence-electron chi connectivity index (χ2n) is 5.26. The fourth-order valence-electron chi connectivity index (χ4n) is 3.14. The van der Waals surface area contributed by atoms with Crippen molar-refractivity contribution in [3.05, 3.63) is 34.1 Å². The molecule has 0 bridgehead atoms. The summed E-state index contributed by atoms with van der Waals surface area (Å²) >= 11 is 3.50. The van der Waals surface area contributed by atoms with Gasteiger partial charge in [-0.15, -0.1) is 0 Å². The largest absolute Gasteiger partial charge is 0.377 e. The van der Waals surface area contributed by atoms with E-state index in [1.807, 2.05) is 7.05 Å². The highest BCUT2D eigenvalue weighted by Crippen LogP contribution is 2.37. The van der Waals surface area contributed by atoms with Gasteiger partial charge < -0.3 is 10.1 Å². The van der Waals surface area contributed by atoms with E-state index in [4.69, 9.17) is 4.74 Å². The fourth-order valence-corrected chi connectivity index (χ4v) is 3.55. The van der Waals surface area contributed by atoms with Gasteiger partial charge in [0.05, 0.1) is 5.60 Å². The van der Waals surface area contributed by atoms with Crippen LogP contribution >= 0.6 is 15.9 Å². The van der Waals surface area contributed by atoms with Crippen molar-refractivity contribution in [1.29, 1.82) is 0 Å². The van der Waals surface area contributed by atoms with Crippen molar-refractivity contribution in [1.82, 2.24) is 5.32 Å². The molecule has 0 amide bonds. The SMILES string of the molecule is CNC(Cc1cc(F)ccc1Br)C1(OC)CCCC1. The zero-order valence-electron chi connectivity index (χ0n) is 11.5. The highest BCUT2D eigenvalue weighted by molar-refractivity contribution is 9.10. The number of benzene rings is 1. The summed E-state index contributed by atoms with van der Waals surface area (Å²) in [6, 6.07) is 5.06. The molecule has 0 saturated heterocycles. The molecule has 1 aromatic rings. The van der Waals surface area contributed by atoms with Crippen LogP contribution in [0.15, 0.2) is 22.7 Å². The third kappa shape index (κ3) is 3.18. The maximum atomic E-state index is 13.4. The molecule has 1 unspecified atom stereocenters. The van der Waals surface area contributed by atoms with Crippen molar-refractivity contribution in [3.63, 3.8) is 0 Å². The van der Waals surface area contributed by atoms with E-state index in [1.165, 1.54) is 18.9 Å². The van der Waals surface area contributed by atoms with Crippen molar-refractivity contribution >= 4 is 15.9 Å². The monoisotopic (exact) mass is 329 g/mol. The number of hydrogen-bond acceptors (Lipinski definition) is 2. The molecule has 2 nitrogen and oxygen atoms in total.